The first-order valence-corrected chi connectivity index (χ1v) is 6.03. The molecule has 0 aromatic carbocycles. The summed E-state index contributed by atoms with van der Waals surface area (Å²) in [5, 5.41) is 6.99. The van der Waals surface area contributed by atoms with Gasteiger partial charge in [0.25, 0.3) is 0 Å². The average Bonchev–Trinajstić information content (AvgIpc) is 2.29. The molecule has 2 aliphatic heterocycles. The van der Waals surface area contributed by atoms with E-state index in [0.29, 0.717) is 5.54 Å². The zero-order valence-corrected chi connectivity index (χ0v) is 9.72. The summed E-state index contributed by atoms with van der Waals surface area (Å²) in [7, 11) is 1.79. The molecule has 0 saturated carbocycles. The van der Waals surface area contributed by atoms with Gasteiger partial charge in [-0.25, -0.2) is 0 Å². The lowest BCUT2D eigenvalue weighted by Gasteiger charge is -2.50. The van der Waals surface area contributed by atoms with Crippen LogP contribution in [0.3, 0.4) is 0 Å². The standard InChI is InChI=1S/C11H23N3O/c1-15-9-8-14-7-6-13-10-11(14)2-4-12-5-3-11/h12-13H,2-10H2,1H3. The molecular formula is C11H23N3O. The number of piperazine rings is 1. The predicted octanol–water partition coefficient (Wildman–Crippen LogP) is -0.340. The van der Waals surface area contributed by atoms with Crippen LogP contribution in [0.1, 0.15) is 12.8 Å². The highest BCUT2D eigenvalue weighted by Crippen LogP contribution is 2.27. The van der Waals surface area contributed by atoms with Crippen LogP contribution in [0.4, 0.5) is 0 Å². The van der Waals surface area contributed by atoms with E-state index < -0.39 is 0 Å². The maximum absolute atomic E-state index is 5.20. The van der Waals surface area contributed by atoms with Crippen molar-refractivity contribution in [1.29, 1.82) is 0 Å². The van der Waals surface area contributed by atoms with Gasteiger partial charge in [0.2, 0.25) is 0 Å². The molecule has 2 rings (SSSR count). The highest BCUT2D eigenvalue weighted by molar-refractivity contribution is 4.98. The van der Waals surface area contributed by atoms with Crippen molar-refractivity contribution in [3.8, 4) is 0 Å². The molecule has 2 N–H and O–H groups in total. The Bertz CT molecular complexity index is 184. The summed E-state index contributed by atoms with van der Waals surface area (Å²) < 4.78 is 5.20. The van der Waals surface area contributed by atoms with Crippen LogP contribution in [-0.2, 0) is 4.74 Å². The normalized spacial score (nSPS) is 27.0. The maximum Gasteiger partial charge on any atom is 0.0589 e. The fraction of sp³-hybridized carbons (Fsp3) is 1.00. The van der Waals surface area contributed by atoms with Crippen molar-refractivity contribution in [2.45, 2.75) is 18.4 Å². The topological polar surface area (TPSA) is 36.5 Å². The fourth-order valence-corrected chi connectivity index (χ4v) is 2.82. The lowest BCUT2D eigenvalue weighted by molar-refractivity contribution is 0.0142. The van der Waals surface area contributed by atoms with Crippen molar-refractivity contribution in [2.24, 2.45) is 0 Å². The number of rotatable bonds is 3. The zero-order valence-electron chi connectivity index (χ0n) is 9.72. The molecule has 15 heavy (non-hydrogen) atoms. The Morgan fingerprint density at radius 1 is 1.20 bits per heavy atom. The summed E-state index contributed by atoms with van der Waals surface area (Å²) in [5.74, 6) is 0. The fourth-order valence-electron chi connectivity index (χ4n) is 2.82. The summed E-state index contributed by atoms with van der Waals surface area (Å²) in [5.41, 5.74) is 0.405. The van der Waals surface area contributed by atoms with Gasteiger partial charge in [0.1, 0.15) is 0 Å². The third-order valence-corrected chi connectivity index (χ3v) is 3.78. The van der Waals surface area contributed by atoms with Crippen molar-refractivity contribution < 1.29 is 4.74 Å². The number of nitrogens with one attached hydrogen (secondary N) is 2. The minimum absolute atomic E-state index is 0.405. The van der Waals surface area contributed by atoms with E-state index in [1.54, 1.807) is 7.11 Å². The number of nitrogens with zero attached hydrogens (tertiary/aromatic N) is 1. The van der Waals surface area contributed by atoms with Crippen molar-refractivity contribution >= 4 is 0 Å². The van der Waals surface area contributed by atoms with Gasteiger partial charge in [0.15, 0.2) is 0 Å². The molecule has 88 valence electrons. The number of hydrogen-bond donors (Lipinski definition) is 2. The van der Waals surface area contributed by atoms with Gasteiger partial charge in [-0.05, 0) is 25.9 Å². The van der Waals surface area contributed by atoms with Gasteiger partial charge in [-0.2, -0.15) is 0 Å². The third-order valence-electron chi connectivity index (χ3n) is 3.78. The molecule has 0 atom stereocenters. The molecule has 4 heteroatoms. The van der Waals surface area contributed by atoms with E-state index in [4.69, 9.17) is 4.74 Å². The molecule has 0 aliphatic carbocycles. The second kappa shape index (κ2) is 5.25. The summed E-state index contributed by atoms with van der Waals surface area (Å²) in [4.78, 5) is 2.63. The van der Waals surface area contributed by atoms with Crippen molar-refractivity contribution in [1.82, 2.24) is 15.5 Å². The Hall–Kier alpha value is -0.160. The van der Waals surface area contributed by atoms with Crippen LogP contribution in [0.5, 0.6) is 0 Å². The summed E-state index contributed by atoms with van der Waals surface area (Å²) in [6, 6.07) is 0. The SMILES string of the molecule is COCCN1CCNCC12CCNCC2. The Morgan fingerprint density at radius 3 is 2.73 bits per heavy atom. The van der Waals surface area contributed by atoms with Crippen LogP contribution in [0.2, 0.25) is 0 Å². The van der Waals surface area contributed by atoms with Crippen LogP contribution in [-0.4, -0.2) is 63.4 Å². The van der Waals surface area contributed by atoms with Crippen LogP contribution in [0.15, 0.2) is 0 Å². The third kappa shape index (κ3) is 2.50. The maximum atomic E-state index is 5.20. The van der Waals surface area contributed by atoms with Gasteiger partial charge in [-0.3, -0.25) is 4.90 Å². The lowest BCUT2D eigenvalue weighted by atomic mass is 9.85. The Balaban J connectivity index is 1.97. The number of hydrogen-bond acceptors (Lipinski definition) is 4. The second-order valence-electron chi connectivity index (χ2n) is 4.63. The largest absolute Gasteiger partial charge is 0.383 e. The van der Waals surface area contributed by atoms with Crippen LogP contribution < -0.4 is 10.6 Å². The summed E-state index contributed by atoms with van der Waals surface area (Å²) in [6.07, 6.45) is 2.54. The van der Waals surface area contributed by atoms with E-state index in [9.17, 15) is 0 Å². The number of methoxy groups -OCH3 is 1. The molecule has 0 amide bonds. The van der Waals surface area contributed by atoms with E-state index in [2.05, 4.69) is 15.5 Å². The molecule has 4 nitrogen and oxygen atoms in total. The summed E-state index contributed by atoms with van der Waals surface area (Å²) >= 11 is 0. The number of ether oxygens (including phenoxy) is 1. The van der Waals surface area contributed by atoms with Crippen molar-refractivity contribution in [3.05, 3.63) is 0 Å². The van der Waals surface area contributed by atoms with Gasteiger partial charge >= 0.3 is 0 Å². The molecule has 2 fully saturated rings. The predicted molar refractivity (Wildman–Crippen MR) is 61.2 cm³/mol. The van der Waals surface area contributed by atoms with Crippen molar-refractivity contribution in [2.75, 3.05) is 53.0 Å². The van der Waals surface area contributed by atoms with Gasteiger partial charge in [0.05, 0.1) is 6.61 Å². The van der Waals surface area contributed by atoms with Crippen molar-refractivity contribution in [3.63, 3.8) is 0 Å². The molecular weight excluding hydrogens is 190 g/mol. The Morgan fingerprint density at radius 2 is 2.00 bits per heavy atom. The van der Waals surface area contributed by atoms with Gasteiger partial charge in [-0.1, -0.05) is 0 Å². The monoisotopic (exact) mass is 213 g/mol. The number of piperidine rings is 1. The van der Waals surface area contributed by atoms with Gasteiger partial charge in [0, 0.05) is 38.8 Å². The molecule has 2 heterocycles. The second-order valence-corrected chi connectivity index (χ2v) is 4.63. The minimum Gasteiger partial charge on any atom is -0.383 e. The van der Waals surface area contributed by atoms with E-state index >= 15 is 0 Å². The zero-order chi connectivity index (χ0) is 10.6. The first kappa shape index (κ1) is 11.3. The van der Waals surface area contributed by atoms with Gasteiger partial charge in [-0.15, -0.1) is 0 Å². The van der Waals surface area contributed by atoms with Crippen LogP contribution in [0, 0.1) is 0 Å². The summed E-state index contributed by atoms with van der Waals surface area (Å²) in [6.45, 7) is 7.70. The molecule has 0 aromatic rings. The quantitative estimate of drug-likeness (QED) is 0.672. The van der Waals surface area contributed by atoms with E-state index in [-0.39, 0.29) is 0 Å². The van der Waals surface area contributed by atoms with Crippen LogP contribution in [0.25, 0.3) is 0 Å². The smallest absolute Gasteiger partial charge is 0.0589 e. The molecule has 1 spiro atoms. The molecule has 0 bridgehead atoms. The lowest BCUT2D eigenvalue weighted by Crippen LogP contribution is -2.65. The Labute approximate surface area is 92.4 Å². The Kier molecular flexibility index (Phi) is 3.97. The first-order valence-electron chi connectivity index (χ1n) is 6.03. The average molecular weight is 213 g/mol. The van der Waals surface area contributed by atoms with E-state index in [0.717, 1.165) is 39.3 Å². The molecule has 0 aromatic heterocycles. The highest BCUT2D eigenvalue weighted by atomic mass is 16.5. The van der Waals surface area contributed by atoms with E-state index in [1.165, 1.54) is 19.4 Å². The van der Waals surface area contributed by atoms with Crippen LogP contribution >= 0.6 is 0 Å². The first-order chi connectivity index (χ1) is 7.37. The highest BCUT2D eigenvalue weighted by Gasteiger charge is 2.39. The molecule has 2 aliphatic rings. The van der Waals surface area contributed by atoms with Gasteiger partial charge < -0.3 is 15.4 Å². The van der Waals surface area contributed by atoms with E-state index in [1.807, 2.05) is 0 Å². The molecule has 0 radical (unpaired) electrons. The molecule has 0 unspecified atom stereocenters. The molecule has 2 saturated heterocycles. The minimum atomic E-state index is 0.405.